The number of carbonyl (C=O) groups is 2. The summed E-state index contributed by atoms with van der Waals surface area (Å²) in [5, 5.41) is 2.22. The third kappa shape index (κ3) is 4.28. The monoisotopic (exact) mass is 603 g/mol. The van der Waals surface area contributed by atoms with E-state index in [1.807, 2.05) is 29.3 Å². The van der Waals surface area contributed by atoms with Gasteiger partial charge in [-0.15, -0.1) is 0 Å². The van der Waals surface area contributed by atoms with Crippen molar-refractivity contribution in [2.75, 3.05) is 31.6 Å². The maximum atomic E-state index is 15.3. The van der Waals surface area contributed by atoms with E-state index in [9.17, 15) is 18.8 Å². The molecule has 3 aromatic rings. The van der Waals surface area contributed by atoms with Crippen molar-refractivity contribution < 1.29 is 32.6 Å². The van der Waals surface area contributed by atoms with Crippen LogP contribution in [0.1, 0.15) is 40.1 Å². The first-order chi connectivity index (χ1) is 18.9. The van der Waals surface area contributed by atoms with Crippen molar-refractivity contribution in [1.29, 1.82) is 0 Å². The van der Waals surface area contributed by atoms with Crippen molar-refractivity contribution in [3.05, 3.63) is 92.9 Å². The number of nitrogens with zero attached hydrogens (tertiary/aromatic N) is 3. The normalized spacial score (nSPS) is 19.8. The van der Waals surface area contributed by atoms with Crippen molar-refractivity contribution >= 4 is 31.3 Å². The summed E-state index contributed by atoms with van der Waals surface area (Å²) < 4.78 is 48.4. The second kappa shape index (κ2) is 10.1. The zero-order valence-corrected chi connectivity index (χ0v) is 22.5. The molecule has 0 unspecified atom stereocenters. The molecule has 1 saturated heterocycles. The molecule has 1 fully saturated rings. The molecule has 6 rings (SSSR count). The number of pyridine rings is 1. The van der Waals surface area contributed by atoms with Crippen LogP contribution in [0.4, 0.5) is 8.78 Å². The van der Waals surface area contributed by atoms with Gasteiger partial charge in [0, 0.05) is 0 Å². The summed E-state index contributed by atoms with van der Waals surface area (Å²) in [5.41, 5.74) is 1.11. The number of fused-ring (bicyclic) bond motifs is 4. The van der Waals surface area contributed by atoms with E-state index in [1.165, 1.54) is 23.9 Å². The van der Waals surface area contributed by atoms with Crippen LogP contribution in [-0.4, -0.2) is 69.1 Å². The molecule has 9 nitrogen and oxygen atoms in total. The Morgan fingerprint density at radius 1 is 1.13 bits per heavy atom. The van der Waals surface area contributed by atoms with E-state index in [-0.39, 0.29) is 51.7 Å². The molecule has 12 heteroatoms. The summed E-state index contributed by atoms with van der Waals surface area (Å²) in [5.74, 6) is -3.13. The van der Waals surface area contributed by atoms with Gasteiger partial charge in [0.25, 0.3) is 0 Å². The van der Waals surface area contributed by atoms with Crippen molar-refractivity contribution in [3.63, 3.8) is 0 Å². The molecule has 0 aliphatic carbocycles. The van der Waals surface area contributed by atoms with Crippen LogP contribution in [-0.2, 0) is 19.6 Å². The number of benzene rings is 2. The summed E-state index contributed by atoms with van der Waals surface area (Å²) in [7, 11) is 0. The van der Waals surface area contributed by atoms with Gasteiger partial charge in [-0.25, -0.2) is 0 Å². The molecule has 4 heterocycles. The van der Waals surface area contributed by atoms with E-state index in [1.54, 1.807) is 11.0 Å². The van der Waals surface area contributed by atoms with Gasteiger partial charge in [0.15, 0.2) is 0 Å². The van der Waals surface area contributed by atoms with Gasteiger partial charge in [0.1, 0.15) is 0 Å². The van der Waals surface area contributed by atoms with Gasteiger partial charge >= 0.3 is 228 Å². The van der Waals surface area contributed by atoms with E-state index in [2.05, 4.69) is 0 Å². The predicted octanol–water partition coefficient (Wildman–Crippen LogP) is 1.41. The Morgan fingerprint density at radius 2 is 1.95 bits per heavy atom. The van der Waals surface area contributed by atoms with E-state index < -0.39 is 47.9 Å². The first kappa shape index (κ1) is 25.5. The summed E-state index contributed by atoms with van der Waals surface area (Å²) >= 11 is -0.187. The number of halogens is 2. The van der Waals surface area contributed by atoms with Gasteiger partial charge in [-0.3, -0.25) is 0 Å². The van der Waals surface area contributed by atoms with Crippen LogP contribution in [0.15, 0.2) is 53.5 Å². The van der Waals surface area contributed by atoms with Crippen molar-refractivity contribution in [3.8, 4) is 5.75 Å². The molecule has 2 aromatic carbocycles. The third-order valence-electron chi connectivity index (χ3n) is 7.00. The number of morpholine rings is 1. The molecule has 0 N–H and O–H groups in total. The van der Waals surface area contributed by atoms with Gasteiger partial charge < -0.3 is 0 Å². The molecule has 0 radical (unpaired) electrons. The minimum absolute atomic E-state index is 0.0517. The molecule has 0 spiro atoms. The Balaban J connectivity index is 1.60. The van der Waals surface area contributed by atoms with Crippen LogP contribution in [0.5, 0.6) is 5.75 Å². The van der Waals surface area contributed by atoms with Crippen LogP contribution < -0.4 is 19.6 Å². The van der Waals surface area contributed by atoms with Gasteiger partial charge in [0.2, 0.25) is 0 Å². The van der Waals surface area contributed by atoms with Gasteiger partial charge in [0.05, 0.1) is 0 Å². The number of carbonyl (C=O) groups excluding carboxylic acids is 2. The quantitative estimate of drug-likeness (QED) is 0.254. The Morgan fingerprint density at radius 3 is 2.77 bits per heavy atom. The van der Waals surface area contributed by atoms with Crippen molar-refractivity contribution in [1.82, 2.24) is 9.58 Å². The maximum absolute atomic E-state index is 15.3. The zero-order valence-electron chi connectivity index (χ0n) is 20.8. The van der Waals surface area contributed by atoms with E-state index in [0.717, 1.165) is 16.1 Å². The number of hydrogen-bond acceptors (Lipinski definition) is 7. The molecule has 1 amide bonds. The predicted molar refractivity (Wildman–Crippen MR) is 136 cm³/mol. The molecule has 1 aromatic heterocycles. The molecule has 3 aliphatic rings. The van der Waals surface area contributed by atoms with Gasteiger partial charge in [-0.2, -0.15) is 0 Å². The van der Waals surface area contributed by atoms with Crippen molar-refractivity contribution in [2.24, 2.45) is 0 Å². The molecular formula is C27H23F2N3O6Se. The second-order valence-electron chi connectivity index (χ2n) is 9.19. The van der Waals surface area contributed by atoms with Gasteiger partial charge in [-0.1, -0.05) is 0 Å². The fourth-order valence-electron chi connectivity index (χ4n) is 5.28. The van der Waals surface area contributed by atoms with E-state index in [4.69, 9.17) is 14.2 Å². The Hall–Kier alpha value is -3.73. The van der Waals surface area contributed by atoms with Crippen LogP contribution >= 0.6 is 0 Å². The summed E-state index contributed by atoms with van der Waals surface area (Å²) in [4.78, 5) is 39.6. The topological polar surface area (TPSA) is 90.3 Å². The summed E-state index contributed by atoms with van der Waals surface area (Å²) in [6, 6.07) is 11.0. The number of amides is 1. The number of hydrogen-bond donors (Lipinski definition) is 0. The van der Waals surface area contributed by atoms with Crippen molar-refractivity contribution in [2.45, 2.75) is 24.5 Å². The number of aromatic nitrogens is 1. The zero-order chi connectivity index (χ0) is 27.3. The average molecular weight is 602 g/mol. The molecule has 3 aliphatic heterocycles. The molecule has 0 bridgehead atoms. The Bertz CT molecular complexity index is 1550. The Labute approximate surface area is 228 Å². The number of ether oxygens (including phenoxy) is 3. The van der Waals surface area contributed by atoms with Crippen LogP contribution in [0.2, 0.25) is 0 Å². The van der Waals surface area contributed by atoms with Crippen LogP contribution in [0.3, 0.4) is 0 Å². The number of rotatable bonds is 4. The van der Waals surface area contributed by atoms with Crippen LogP contribution in [0.25, 0.3) is 0 Å². The third-order valence-corrected chi connectivity index (χ3v) is 9.34. The van der Waals surface area contributed by atoms with Crippen LogP contribution in [0, 0.1) is 11.6 Å². The summed E-state index contributed by atoms with van der Waals surface area (Å²) in [6.45, 7) is 1.34. The Kier molecular flexibility index (Phi) is 6.62. The molecule has 2 atom stereocenters. The fourth-order valence-corrected chi connectivity index (χ4v) is 7.62. The second-order valence-corrected chi connectivity index (χ2v) is 11.3. The van der Waals surface area contributed by atoms with E-state index in [0.29, 0.717) is 10.9 Å². The first-order valence-corrected chi connectivity index (χ1v) is 14.3. The molecule has 0 saturated carbocycles. The first-order valence-electron chi connectivity index (χ1n) is 12.2. The molecular weight excluding hydrogens is 579 g/mol. The molecule has 202 valence electrons. The van der Waals surface area contributed by atoms with Gasteiger partial charge in [-0.05, 0) is 0 Å². The minimum atomic E-state index is -0.920. The van der Waals surface area contributed by atoms with E-state index >= 15 is 4.39 Å². The SMILES string of the molecule is CC(=O)OCOc1c2n(ccc1=O)N([C@@H]1c3ccccc3[Se]Cc3c1ccc(F)c3F)[C@@H]1COCCN1C2=O. The molecule has 39 heavy (non-hydrogen) atoms. The fraction of sp³-hybridized carbons (Fsp3) is 0.296. The summed E-state index contributed by atoms with van der Waals surface area (Å²) in [6.07, 6.45) is 0.852. The standard InChI is InChI=1S/C27H23F2N3O6Se/c1-15(33)37-14-38-26-20(34)8-9-31-25(26)27(35)30-10-11-36-12-22(30)32(31)24-16-6-7-19(28)23(29)18(16)13-39-21-5-3-2-4-17(21)24/h2-9,22,24H,10-14H2,1H3/t22-,24+/m1/s1. The average Bonchev–Trinajstić information content (AvgIpc) is 3.09. The number of esters is 1.